The third-order valence-corrected chi connectivity index (χ3v) is 5.64. The summed E-state index contributed by atoms with van der Waals surface area (Å²) in [5.74, 6) is -2.50. The summed E-state index contributed by atoms with van der Waals surface area (Å²) in [5.41, 5.74) is 1.15. The minimum Gasteiger partial charge on any atom is -0.495 e. The molecule has 0 bridgehead atoms. The molecule has 0 amide bonds. The number of imidazole rings is 1. The molecule has 0 saturated heterocycles. The lowest BCUT2D eigenvalue weighted by atomic mass is 10.0. The molecule has 5 rings (SSSR count). The molecule has 3 aromatic heterocycles. The fraction of sp³-hybridized carbons (Fsp3) is 0.0909. The number of halogens is 4. The van der Waals surface area contributed by atoms with E-state index in [2.05, 4.69) is 15.0 Å². The number of hydrogen-bond donors (Lipinski definition) is 3. The minimum absolute atomic E-state index is 0.274. The van der Waals surface area contributed by atoms with Crippen LogP contribution < -0.4 is 10.3 Å². The maximum atomic E-state index is 13.9. The van der Waals surface area contributed by atoms with Gasteiger partial charge < -0.3 is 19.8 Å². The summed E-state index contributed by atoms with van der Waals surface area (Å²) in [7, 11) is 1.58. The molecule has 0 aliphatic heterocycles. The molecule has 0 saturated carbocycles. The van der Waals surface area contributed by atoms with E-state index in [9.17, 15) is 22.4 Å². The molecule has 35 heavy (non-hydrogen) atoms. The zero-order chi connectivity index (χ0) is 25.3. The number of fused-ring (bicyclic) bond motifs is 6. The van der Waals surface area contributed by atoms with E-state index in [4.69, 9.17) is 19.6 Å². The maximum absolute atomic E-state index is 13.9. The van der Waals surface area contributed by atoms with Crippen LogP contribution in [0.15, 0.2) is 63.8 Å². The molecule has 0 fully saturated rings. The smallest absolute Gasteiger partial charge is 0.490 e. The Morgan fingerprint density at radius 1 is 1.11 bits per heavy atom. The van der Waals surface area contributed by atoms with Gasteiger partial charge in [-0.25, -0.2) is 14.2 Å². The normalized spacial score (nSPS) is 11.5. The predicted molar refractivity (Wildman–Crippen MR) is 120 cm³/mol. The Labute approximate surface area is 197 Å². The average molecular weight is 506 g/mol. The lowest BCUT2D eigenvalue weighted by molar-refractivity contribution is -0.192. The summed E-state index contributed by atoms with van der Waals surface area (Å²) in [6, 6.07) is 8.07. The van der Waals surface area contributed by atoms with Crippen LogP contribution in [0.2, 0.25) is 0 Å². The second-order valence-electron chi connectivity index (χ2n) is 7.02. The first-order valence-electron chi connectivity index (χ1n) is 9.68. The first-order valence-corrected chi connectivity index (χ1v) is 10.5. The van der Waals surface area contributed by atoms with Gasteiger partial charge in [-0.05, 0) is 30.3 Å². The third-order valence-electron chi connectivity index (χ3n) is 4.80. The number of H-pyrrole nitrogens is 2. The monoisotopic (exact) mass is 506 g/mol. The van der Waals surface area contributed by atoms with E-state index in [-0.39, 0.29) is 5.56 Å². The molecule has 180 valence electrons. The van der Waals surface area contributed by atoms with E-state index in [1.54, 1.807) is 37.8 Å². The summed E-state index contributed by atoms with van der Waals surface area (Å²) in [5, 5.41) is 10.2. The van der Waals surface area contributed by atoms with Gasteiger partial charge in [-0.1, -0.05) is 11.8 Å². The Hall–Kier alpha value is -4.13. The van der Waals surface area contributed by atoms with E-state index in [1.807, 2.05) is 6.07 Å². The van der Waals surface area contributed by atoms with Crippen molar-refractivity contribution in [1.82, 2.24) is 19.9 Å². The molecular formula is C22H14F4N4O4S. The van der Waals surface area contributed by atoms with Crippen molar-refractivity contribution in [3.63, 3.8) is 0 Å². The van der Waals surface area contributed by atoms with Crippen LogP contribution in [-0.2, 0) is 4.79 Å². The van der Waals surface area contributed by atoms with Crippen molar-refractivity contribution in [1.29, 1.82) is 0 Å². The molecule has 0 spiro atoms. The highest BCUT2D eigenvalue weighted by atomic mass is 32.2. The number of nitrogens with one attached hydrogen (secondary N) is 2. The number of alkyl halides is 3. The van der Waals surface area contributed by atoms with Gasteiger partial charge in [0.15, 0.2) is 5.16 Å². The number of aromatic amines is 2. The summed E-state index contributed by atoms with van der Waals surface area (Å²) in [4.78, 5) is 37.0. The number of carboxylic acid groups (broad SMARTS) is 1. The summed E-state index contributed by atoms with van der Waals surface area (Å²) < 4.78 is 50.8. The predicted octanol–water partition coefficient (Wildman–Crippen LogP) is 4.88. The highest BCUT2D eigenvalue weighted by Crippen LogP contribution is 2.35. The van der Waals surface area contributed by atoms with Crippen LogP contribution >= 0.6 is 11.8 Å². The van der Waals surface area contributed by atoms with E-state index < -0.39 is 18.0 Å². The summed E-state index contributed by atoms with van der Waals surface area (Å²) in [6.45, 7) is 0. The van der Waals surface area contributed by atoms with Crippen molar-refractivity contribution < 1.29 is 32.2 Å². The number of aliphatic carboxylic acids is 1. The number of carboxylic acids is 1. The second kappa shape index (κ2) is 9.25. The summed E-state index contributed by atoms with van der Waals surface area (Å²) in [6.07, 6.45) is -0.163. The number of aromatic nitrogens is 4. The van der Waals surface area contributed by atoms with Crippen LogP contribution in [0.5, 0.6) is 5.75 Å². The van der Waals surface area contributed by atoms with Crippen molar-refractivity contribution in [2.24, 2.45) is 0 Å². The zero-order valence-corrected chi connectivity index (χ0v) is 18.4. The van der Waals surface area contributed by atoms with Gasteiger partial charge >= 0.3 is 12.1 Å². The van der Waals surface area contributed by atoms with Crippen LogP contribution in [0.3, 0.4) is 0 Å². The molecule has 0 aliphatic carbocycles. The third kappa shape index (κ3) is 4.89. The van der Waals surface area contributed by atoms with Crippen molar-refractivity contribution >= 4 is 50.3 Å². The molecule has 0 unspecified atom stereocenters. The van der Waals surface area contributed by atoms with Crippen LogP contribution in [0, 0.1) is 5.82 Å². The topological polar surface area (TPSA) is 121 Å². The van der Waals surface area contributed by atoms with E-state index >= 15 is 0 Å². The lowest BCUT2D eigenvalue weighted by Gasteiger charge is -2.05. The molecule has 0 atom stereocenters. The van der Waals surface area contributed by atoms with Crippen LogP contribution in [0.1, 0.15) is 0 Å². The van der Waals surface area contributed by atoms with Gasteiger partial charge in [0, 0.05) is 33.4 Å². The second-order valence-corrected chi connectivity index (χ2v) is 8.08. The summed E-state index contributed by atoms with van der Waals surface area (Å²) >= 11 is 1.40. The maximum Gasteiger partial charge on any atom is 0.490 e. The van der Waals surface area contributed by atoms with Gasteiger partial charge in [0.1, 0.15) is 11.6 Å². The number of rotatable bonds is 3. The van der Waals surface area contributed by atoms with Gasteiger partial charge in [-0.2, -0.15) is 13.2 Å². The molecule has 3 N–H and O–H groups in total. The first kappa shape index (κ1) is 24.0. The zero-order valence-electron chi connectivity index (χ0n) is 17.6. The SMILES string of the molecule is COc1cncc(Sc2nc3c4cc[nH]c(=O)c4c4cc(F)ccc4c3[nH]2)c1.O=C(O)C(F)(F)F. The molecular weight excluding hydrogens is 492 g/mol. The van der Waals surface area contributed by atoms with Crippen molar-refractivity contribution in [3.05, 3.63) is 65.1 Å². The van der Waals surface area contributed by atoms with Crippen molar-refractivity contribution in [2.75, 3.05) is 7.11 Å². The minimum atomic E-state index is -5.08. The molecule has 8 nitrogen and oxygen atoms in total. The van der Waals surface area contributed by atoms with Crippen molar-refractivity contribution in [2.45, 2.75) is 16.2 Å². The van der Waals surface area contributed by atoms with Gasteiger partial charge in [0.2, 0.25) is 0 Å². The molecule has 13 heteroatoms. The number of benzene rings is 2. The first-order chi connectivity index (χ1) is 16.6. The highest BCUT2D eigenvalue weighted by Gasteiger charge is 2.38. The fourth-order valence-electron chi connectivity index (χ4n) is 3.35. The number of ether oxygens (including phenoxy) is 1. The Bertz CT molecular complexity index is 1630. The molecule has 2 aromatic carbocycles. The van der Waals surface area contributed by atoms with Crippen LogP contribution in [-0.4, -0.2) is 44.3 Å². The Morgan fingerprint density at radius 3 is 2.54 bits per heavy atom. The molecule has 0 radical (unpaired) electrons. The van der Waals surface area contributed by atoms with Crippen molar-refractivity contribution in [3.8, 4) is 5.75 Å². The molecule has 3 heterocycles. The van der Waals surface area contributed by atoms with Gasteiger partial charge in [-0.3, -0.25) is 9.78 Å². The van der Waals surface area contributed by atoms with E-state index in [1.165, 1.54) is 23.9 Å². The quantitative estimate of drug-likeness (QED) is 0.235. The van der Waals surface area contributed by atoms with E-state index in [0.29, 0.717) is 32.6 Å². The fourth-order valence-corrected chi connectivity index (χ4v) is 4.15. The van der Waals surface area contributed by atoms with Gasteiger partial charge in [-0.15, -0.1) is 0 Å². The van der Waals surface area contributed by atoms with Crippen LogP contribution in [0.4, 0.5) is 17.6 Å². The Morgan fingerprint density at radius 2 is 1.86 bits per heavy atom. The number of methoxy groups -OCH3 is 1. The van der Waals surface area contributed by atoms with Crippen LogP contribution in [0.25, 0.3) is 32.6 Å². The number of carbonyl (C=O) groups is 1. The van der Waals surface area contributed by atoms with Gasteiger partial charge in [0.25, 0.3) is 5.56 Å². The Balaban J connectivity index is 0.000000364. The number of pyridine rings is 2. The largest absolute Gasteiger partial charge is 0.495 e. The highest BCUT2D eigenvalue weighted by molar-refractivity contribution is 7.99. The van der Waals surface area contributed by atoms with E-state index in [0.717, 1.165) is 15.8 Å². The Kier molecular flexibility index (Phi) is 6.35. The van der Waals surface area contributed by atoms with Gasteiger partial charge in [0.05, 0.1) is 29.7 Å². The molecule has 0 aliphatic rings. The lowest BCUT2D eigenvalue weighted by Crippen LogP contribution is -2.21. The molecule has 5 aromatic rings. The average Bonchev–Trinajstić information content (AvgIpc) is 3.23. The standard InChI is InChI=1S/C20H13FN4O2S.C2HF3O2/c1-27-11-7-12(9-22-8-11)28-20-24-17-13-3-2-10(21)6-15(13)16-14(18(17)25-20)4-5-23-19(16)26;3-2(4,5)1(6)7/h2-9H,1H3,(H,23,26)(H,24,25);(H,6,7). The number of hydrogen-bond acceptors (Lipinski definition) is 6. The number of nitrogens with zero attached hydrogens (tertiary/aromatic N) is 2.